The molecule has 0 rings (SSSR count). The van der Waals surface area contributed by atoms with Crippen molar-refractivity contribution in [3.8, 4) is 0 Å². The predicted octanol–water partition coefficient (Wildman–Crippen LogP) is 1.00. The minimum Gasteiger partial charge on any atom is -0.379 e. The molecule has 2 nitrogen and oxygen atoms in total. The van der Waals surface area contributed by atoms with E-state index >= 15 is 0 Å². The standard InChI is InChI=1S/C5H8F3NO/c1-4(10,3-9-2)5(6,7)8/h10H,2-3H2,1H3. The summed E-state index contributed by atoms with van der Waals surface area (Å²) < 4.78 is 35.0. The van der Waals surface area contributed by atoms with Crippen LogP contribution in [0.4, 0.5) is 13.2 Å². The lowest BCUT2D eigenvalue weighted by molar-refractivity contribution is -0.247. The quantitative estimate of drug-likeness (QED) is 0.593. The molecular weight excluding hydrogens is 147 g/mol. The van der Waals surface area contributed by atoms with Crippen molar-refractivity contribution in [2.24, 2.45) is 4.99 Å². The monoisotopic (exact) mass is 155 g/mol. The molecule has 5 heteroatoms. The van der Waals surface area contributed by atoms with E-state index in [0.29, 0.717) is 6.92 Å². The van der Waals surface area contributed by atoms with Gasteiger partial charge in [-0.25, -0.2) is 0 Å². The molecule has 0 aromatic rings. The van der Waals surface area contributed by atoms with E-state index in [9.17, 15) is 13.2 Å². The van der Waals surface area contributed by atoms with Crippen LogP contribution in [0.25, 0.3) is 0 Å². The van der Waals surface area contributed by atoms with Crippen molar-refractivity contribution >= 4 is 6.72 Å². The smallest absolute Gasteiger partial charge is 0.379 e. The molecule has 1 atom stereocenters. The van der Waals surface area contributed by atoms with Crippen LogP contribution >= 0.6 is 0 Å². The molecule has 0 aromatic heterocycles. The number of hydrogen-bond acceptors (Lipinski definition) is 2. The molecule has 0 spiro atoms. The Morgan fingerprint density at radius 3 is 2.00 bits per heavy atom. The molecule has 0 radical (unpaired) electrons. The lowest BCUT2D eigenvalue weighted by Gasteiger charge is -2.23. The van der Waals surface area contributed by atoms with Gasteiger partial charge in [-0.05, 0) is 13.6 Å². The van der Waals surface area contributed by atoms with Crippen LogP contribution < -0.4 is 0 Å². The maximum atomic E-state index is 11.7. The lowest BCUT2D eigenvalue weighted by Crippen LogP contribution is -2.44. The van der Waals surface area contributed by atoms with Crippen LogP contribution in [0.1, 0.15) is 6.92 Å². The summed E-state index contributed by atoms with van der Waals surface area (Å²) in [5.41, 5.74) is -2.74. The van der Waals surface area contributed by atoms with Crippen molar-refractivity contribution in [3.05, 3.63) is 0 Å². The molecule has 0 aliphatic heterocycles. The molecule has 1 unspecified atom stereocenters. The molecule has 0 fully saturated rings. The van der Waals surface area contributed by atoms with E-state index in [2.05, 4.69) is 11.7 Å². The first-order chi connectivity index (χ1) is 4.31. The Balaban J connectivity index is 4.23. The maximum Gasteiger partial charge on any atom is 0.418 e. The Labute approximate surface area is 56.4 Å². The van der Waals surface area contributed by atoms with E-state index in [-0.39, 0.29) is 0 Å². The van der Waals surface area contributed by atoms with E-state index in [4.69, 9.17) is 5.11 Å². The average Bonchev–Trinajstić information content (AvgIpc) is 1.61. The van der Waals surface area contributed by atoms with Gasteiger partial charge in [0.15, 0.2) is 5.60 Å². The van der Waals surface area contributed by atoms with Gasteiger partial charge in [-0.3, -0.25) is 4.99 Å². The number of halogens is 3. The number of alkyl halides is 3. The van der Waals surface area contributed by atoms with Crippen molar-refractivity contribution in [2.45, 2.75) is 18.7 Å². The summed E-state index contributed by atoms with van der Waals surface area (Å²) in [6.45, 7) is 2.78. The number of rotatable bonds is 2. The molecule has 0 saturated heterocycles. The Kier molecular flexibility index (Phi) is 2.42. The summed E-state index contributed by atoms with van der Waals surface area (Å²) in [6.07, 6.45) is -4.63. The van der Waals surface area contributed by atoms with Gasteiger partial charge in [0, 0.05) is 0 Å². The normalized spacial score (nSPS) is 18.1. The Bertz CT molecular complexity index is 129. The van der Waals surface area contributed by atoms with Crippen LogP contribution in [-0.2, 0) is 0 Å². The zero-order chi connectivity index (χ0) is 8.41. The molecular formula is C5H8F3NO. The second kappa shape index (κ2) is 2.57. The fourth-order valence-corrected chi connectivity index (χ4v) is 0.307. The molecule has 0 heterocycles. The molecule has 0 saturated carbocycles. The van der Waals surface area contributed by atoms with Crippen LogP contribution in [0.2, 0.25) is 0 Å². The highest BCUT2D eigenvalue weighted by atomic mass is 19.4. The first-order valence-electron chi connectivity index (χ1n) is 2.53. The highest BCUT2D eigenvalue weighted by Gasteiger charge is 2.49. The SMILES string of the molecule is C=NCC(C)(O)C(F)(F)F. The van der Waals surface area contributed by atoms with E-state index < -0.39 is 18.3 Å². The van der Waals surface area contributed by atoms with Crippen LogP contribution in [0.5, 0.6) is 0 Å². The fraction of sp³-hybridized carbons (Fsp3) is 0.800. The van der Waals surface area contributed by atoms with Gasteiger partial charge < -0.3 is 5.11 Å². The van der Waals surface area contributed by atoms with Crippen molar-refractivity contribution in [1.82, 2.24) is 0 Å². The van der Waals surface area contributed by atoms with E-state index in [1.807, 2.05) is 0 Å². The van der Waals surface area contributed by atoms with Gasteiger partial charge in [-0.2, -0.15) is 13.2 Å². The van der Waals surface area contributed by atoms with Gasteiger partial charge in [0.1, 0.15) is 0 Å². The molecule has 0 aliphatic rings. The molecule has 0 aliphatic carbocycles. The highest BCUT2D eigenvalue weighted by molar-refractivity contribution is 5.23. The number of aliphatic hydroxyl groups is 1. The lowest BCUT2D eigenvalue weighted by atomic mass is 10.1. The van der Waals surface area contributed by atoms with Crippen LogP contribution in [-0.4, -0.2) is 30.1 Å². The number of aliphatic imine (C=N–C) groups is 1. The second-order valence-electron chi connectivity index (χ2n) is 2.15. The molecule has 0 bridgehead atoms. The molecule has 10 heavy (non-hydrogen) atoms. The van der Waals surface area contributed by atoms with Crippen molar-refractivity contribution in [2.75, 3.05) is 6.54 Å². The fourth-order valence-electron chi connectivity index (χ4n) is 0.307. The third-order valence-electron chi connectivity index (χ3n) is 1.03. The average molecular weight is 155 g/mol. The van der Waals surface area contributed by atoms with Gasteiger partial charge in [-0.1, -0.05) is 0 Å². The van der Waals surface area contributed by atoms with Crippen molar-refractivity contribution in [3.63, 3.8) is 0 Å². The summed E-state index contributed by atoms with van der Waals surface area (Å²) in [4.78, 5) is 2.95. The Morgan fingerprint density at radius 2 is 1.90 bits per heavy atom. The Morgan fingerprint density at radius 1 is 1.50 bits per heavy atom. The molecule has 1 N–H and O–H groups in total. The molecule has 0 amide bonds. The second-order valence-corrected chi connectivity index (χ2v) is 2.15. The number of hydrogen-bond donors (Lipinski definition) is 1. The zero-order valence-corrected chi connectivity index (χ0v) is 5.44. The maximum absolute atomic E-state index is 11.7. The van der Waals surface area contributed by atoms with Gasteiger partial charge in [0.05, 0.1) is 6.54 Å². The molecule has 60 valence electrons. The number of nitrogens with zero attached hydrogens (tertiary/aromatic N) is 1. The van der Waals surface area contributed by atoms with Crippen LogP contribution in [0.15, 0.2) is 4.99 Å². The first kappa shape index (κ1) is 9.42. The van der Waals surface area contributed by atoms with Crippen molar-refractivity contribution in [1.29, 1.82) is 0 Å². The Hall–Kier alpha value is -0.580. The van der Waals surface area contributed by atoms with E-state index in [1.165, 1.54) is 0 Å². The van der Waals surface area contributed by atoms with E-state index in [1.54, 1.807) is 0 Å². The third-order valence-corrected chi connectivity index (χ3v) is 1.03. The van der Waals surface area contributed by atoms with E-state index in [0.717, 1.165) is 0 Å². The third kappa shape index (κ3) is 1.98. The predicted molar refractivity (Wildman–Crippen MR) is 31.1 cm³/mol. The minimum atomic E-state index is -4.63. The summed E-state index contributed by atoms with van der Waals surface area (Å²) in [6, 6.07) is 0. The van der Waals surface area contributed by atoms with Gasteiger partial charge >= 0.3 is 6.18 Å². The summed E-state index contributed by atoms with van der Waals surface area (Å²) >= 11 is 0. The highest BCUT2D eigenvalue weighted by Crippen LogP contribution is 2.29. The zero-order valence-electron chi connectivity index (χ0n) is 5.44. The van der Waals surface area contributed by atoms with Gasteiger partial charge in [0.2, 0.25) is 0 Å². The summed E-state index contributed by atoms with van der Waals surface area (Å²) in [5, 5.41) is 8.59. The largest absolute Gasteiger partial charge is 0.418 e. The van der Waals surface area contributed by atoms with Crippen LogP contribution in [0.3, 0.4) is 0 Å². The minimum absolute atomic E-state index is 0.654. The van der Waals surface area contributed by atoms with Crippen LogP contribution in [0, 0.1) is 0 Å². The first-order valence-corrected chi connectivity index (χ1v) is 2.53. The topological polar surface area (TPSA) is 32.6 Å². The van der Waals surface area contributed by atoms with Gasteiger partial charge in [-0.15, -0.1) is 0 Å². The summed E-state index contributed by atoms with van der Waals surface area (Å²) in [7, 11) is 0. The van der Waals surface area contributed by atoms with Gasteiger partial charge in [0.25, 0.3) is 0 Å². The summed E-state index contributed by atoms with van der Waals surface area (Å²) in [5.74, 6) is 0. The van der Waals surface area contributed by atoms with Crippen molar-refractivity contribution < 1.29 is 18.3 Å². The molecule has 0 aromatic carbocycles.